The van der Waals surface area contributed by atoms with Crippen molar-refractivity contribution in [1.29, 1.82) is 0 Å². The van der Waals surface area contributed by atoms with Gasteiger partial charge in [-0.15, -0.1) is 0 Å². The van der Waals surface area contributed by atoms with Crippen LogP contribution in [-0.4, -0.2) is 31.9 Å². The first-order valence-corrected chi connectivity index (χ1v) is 10.3. The van der Waals surface area contributed by atoms with E-state index in [1.807, 2.05) is 32.9 Å². The maximum absolute atomic E-state index is 14.0. The average molecular weight is 415 g/mol. The van der Waals surface area contributed by atoms with Gasteiger partial charge in [0.1, 0.15) is 17.2 Å². The number of methoxy groups -OCH3 is 1. The predicted molar refractivity (Wildman–Crippen MR) is 117 cm³/mol. The minimum absolute atomic E-state index is 0.0417. The van der Waals surface area contributed by atoms with Crippen molar-refractivity contribution in [2.75, 3.05) is 25.1 Å². The topological polar surface area (TPSA) is 50.8 Å². The molecule has 0 aliphatic carbocycles. The van der Waals surface area contributed by atoms with Gasteiger partial charge < -0.3 is 14.8 Å². The summed E-state index contributed by atoms with van der Waals surface area (Å²) in [6.07, 6.45) is 0.284. The van der Waals surface area contributed by atoms with Crippen LogP contribution in [-0.2, 0) is 4.74 Å². The smallest absolute Gasteiger partial charge is 0.414 e. The lowest BCUT2D eigenvalue weighted by molar-refractivity contribution is 0.0576. The van der Waals surface area contributed by atoms with E-state index in [0.29, 0.717) is 18.2 Å². The molecule has 0 fully saturated rings. The molecule has 3 rings (SSSR count). The third-order valence-corrected chi connectivity index (χ3v) is 5.27. The van der Waals surface area contributed by atoms with Gasteiger partial charge in [0.25, 0.3) is 0 Å². The van der Waals surface area contributed by atoms with Crippen LogP contribution in [0.15, 0.2) is 42.5 Å². The number of ether oxygens (including phenoxy) is 2. The summed E-state index contributed by atoms with van der Waals surface area (Å²) in [6, 6.07) is 12.7. The van der Waals surface area contributed by atoms with Crippen LogP contribution in [0, 0.1) is 5.82 Å². The number of carbonyl (C=O) groups is 1. The van der Waals surface area contributed by atoms with Crippen LogP contribution in [0.3, 0.4) is 0 Å². The fourth-order valence-corrected chi connectivity index (χ4v) is 3.67. The van der Waals surface area contributed by atoms with Crippen molar-refractivity contribution in [1.82, 2.24) is 5.32 Å². The zero-order valence-electron chi connectivity index (χ0n) is 18.4. The lowest BCUT2D eigenvalue weighted by Crippen LogP contribution is -2.43. The molecule has 0 aromatic heterocycles. The number of anilines is 1. The van der Waals surface area contributed by atoms with Crippen LogP contribution >= 0.6 is 0 Å². The van der Waals surface area contributed by atoms with E-state index in [2.05, 4.69) is 24.4 Å². The van der Waals surface area contributed by atoms with E-state index < -0.39 is 11.7 Å². The van der Waals surface area contributed by atoms with Crippen LogP contribution in [0.5, 0.6) is 5.75 Å². The molecule has 2 aromatic rings. The molecule has 162 valence electrons. The molecule has 1 amide bonds. The van der Waals surface area contributed by atoms with Crippen molar-refractivity contribution in [2.45, 2.75) is 51.7 Å². The fraction of sp³-hybridized carbons (Fsp3) is 0.458. The second-order valence-corrected chi connectivity index (χ2v) is 8.76. The summed E-state index contributed by atoms with van der Waals surface area (Å²) < 4.78 is 24.7. The van der Waals surface area contributed by atoms with Crippen molar-refractivity contribution in [3.63, 3.8) is 0 Å². The van der Waals surface area contributed by atoms with Crippen molar-refractivity contribution in [2.24, 2.45) is 0 Å². The Kier molecular flexibility index (Phi) is 6.66. The first-order valence-electron chi connectivity index (χ1n) is 10.3. The highest BCUT2D eigenvalue weighted by Gasteiger charge is 2.32. The zero-order valence-corrected chi connectivity index (χ0v) is 18.4. The molecule has 2 unspecified atom stereocenters. The molecular formula is C24H31FN2O3. The van der Waals surface area contributed by atoms with Gasteiger partial charge in [-0.05, 0) is 68.5 Å². The van der Waals surface area contributed by atoms with Gasteiger partial charge in [0.15, 0.2) is 0 Å². The van der Waals surface area contributed by atoms with Gasteiger partial charge in [0.2, 0.25) is 0 Å². The van der Waals surface area contributed by atoms with Crippen LogP contribution in [0.25, 0.3) is 0 Å². The monoisotopic (exact) mass is 414 g/mol. The molecule has 0 spiro atoms. The van der Waals surface area contributed by atoms with Gasteiger partial charge in [-0.3, -0.25) is 4.90 Å². The average Bonchev–Trinajstić information content (AvgIpc) is 2.70. The lowest BCUT2D eigenvalue weighted by Gasteiger charge is -2.36. The van der Waals surface area contributed by atoms with Crippen molar-refractivity contribution in [3.05, 3.63) is 59.4 Å². The van der Waals surface area contributed by atoms with E-state index in [1.54, 1.807) is 13.2 Å². The van der Waals surface area contributed by atoms with Crippen LogP contribution in [0.2, 0.25) is 0 Å². The van der Waals surface area contributed by atoms with Gasteiger partial charge in [0, 0.05) is 19.1 Å². The number of carbonyl (C=O) groups excluding carboxylic acids is 1. The highest BCUT2D eigenvalue weighted by atomic mass is 19.1. The summed E-state index contributed by atoms with van der Waals surface area (Å²) in [7, 11) is 1.66. The number of fused-ring (bicyclic) bond motifs is 1. The van der Waals surface area contributed by atoms with Gasteiger partial charge in [-0.2, -0.15) is 0 Å². The summed E-state index contributed by atoms with van der Waals surface area (Å²) in [4.78, 5) is 14.2. The number of hydrogen-bond donors (Lipinski definition) is 1. The number of nitrogens with one attached hydrogen (secondary N) is 1. The Balaban J connectivity index is 1.73. The van der Waals surface area contributed by atoms with Gasteiger partial charge >= 0.3 is 6.09 Å². The van der Waals surface area contributed by atoms with E-state index in [-0.39, 0.29) is 11.9 Å². The number of hydrogen-bond acceptors (Lipinski definition) is 4. The number of rotatable bonds is 5. The number of halogens is 1. The summed E-state index contributed by atoms with van der Waals surface area (Å²) >= 11 is 0. The molecule has 1 aliphatic rings. The number of amides is 1. The van der Waals surface area contributed by atoms with E-state index in [1.165, 1.54) is 22.6 Å². The number of nitrogens with zero attached hydrogens (tertiary/aromatic N) is 1. The molecule has 0 saturated heterocycles. The quantitative estimate of drug-likeness (QED) is 0.710. The first kappa shape index (κ1) is 22.1. The molecule has 2 aromatic carbocycles. The minimum Gasteiger partial charge on any atom is -0.497 e. The van der Waals surface area contributed by atoms with E-state index >= 15 is 0 Å². The van der Waals surface area contributed by atoms with E-state index in [4.69, 9.17) is 9.47 Å². The maximum Gasteiger partial charge on any atom is 0.414 e. The highest BCUT2D eigenvalue weighted by molar-refractivity contribution is 5.89. The normalized spacial score (nSPS) is 17.3. The molecule has 0 radical (unpaired) electrons. The first-order chi connectivity index (χ1) is 14.2. The van der Waals surface area contributed by atoms with E-state index in [0.717, 1.165) is 24.3 Å². The summed E-state index contributed by atoms with van der Waals surface area (Å²) in [5.74, 6) is 0.766. The molecule has 0 bridgehead atoms. The maximum atomic E-state index is 14.0. The Hall–Kier alpha value is -2.60. The Morgan fingerprint density at radius 1 is 1.23 bits per heavy atom. The third-order valence-electron chi connectivity index (χ3n) is 5.27. The summed E-state index contributed by atoms with van der Waals surface area (Å²) in [6.45, 7) is 8.88. The Labute approximate surface area is 178 Å². The van der Waals surface area contributed by atoms with Crippen LogP contribution < -0.4 is 15.0 Å². The Morgan fingerprint density at radius 2 is 1.93 bits per heavy atom. The highest BCUT2D eigenvalue weighted by Crippen LogP contribution is 2.35. The van der Waals surface area contributed by atoms with Crippen molar-refractivity contribution < 1.29 is 18.7 Å². The molecule has 1 N–H and O–H groups in total. The number of benzene rings is 2. The fourth-order valence-electron chi connectivity index (χ4n) is 3.67. The van der Waals surface area contributed by atoms with Gasteiger partial charge in [-0.1, -0.05) is 25.1 Å². The second-order valence-electron chi connectivity index (χ2n) is 8.76. The largest absolute Gasteiger partial charge is 0.497 e. The molecule has 0 saturated carbocycles. The molecule has 1 aliphatic heterocycles. The zero-order chi connectivity index (χ0) is 21.9. The molecule has 6 heteroatoms. The standard InChI is InChI=1S/C24H31FN2O3/c1-16(17-6-9-19(29-5)10-7-17)15-26-21-12-13-27(23(28)30-24(2,3)4)22-14-18(25)8-11-20(21)22/h6-11,14,16,21,26H,12-13,15H2,1-5H3. The second kappa shape index (κ2) is 9.04. The summed E-state index contributed by atoms with van der Waals surface area (Å²) in [5.41, 5.74) is 2.10. The Morgan fingerprint density at radius 3 is 2.57 bits per heavy atom. The van der Waals surface area contributed by atoms with E-state index in [9.17, 15) is 9.18 Å². The summed E-state index contributed by atoms with van der Waals surface area (Å²) in [5, 5.41) is 3.60. The molecular weight excluding hydrogens is 383 g/mol. The molecule has 2 atom stereocenters. The predicted octanol–water partition coefficient (Wildman–Crippen LogP) is 5.41. The molecule has 5 nitrogen and oxygen atoms in total. The van der Waals surface area contributed by atoms with Crippen LogP contribution in [0.4, 0.5) is 14.9 Å². The Bertz CT molecular complexity index is 877. The van der Waals surface area contributed by atoms with Gasteiger partial charge in [0.05, 0.1) is 12.8 Å². The van der Waals surface area contributed by atoms with Crippen LogP contribution in [0.1, 0.15) is 57.2 Å². The SMILES string of the molecule is COc1ccc(C(C)CNC2CCN(C(=O)OC(C)(C)C)c3cc(F)ccc32)cc1. The van der Waals surface area contributed by atoms with Crippen molar-refractivity contribution in [3.8, 4) is 5.75 Å². The minimum atomic E-state index is -0.604. The third kappa shape index (κ3) is 5.30. The molecule has 30 heavy (non-hydrogen) atoms. The lowest BCUT2D eigenvalue weighted by atomic mass is 9.95. The van der Waals surface area contributed by atoms with Gasteiger partial charge in [-0.25, -0.2) is 9.18 Å². The molecule has 1 heterocycles. The van der Waals surface area contributed by atoms with Crippen molar-refractivity contribution >= 4 is 11.8 Å².